The summed E-state index contributed by atoms with van der Waals surface area (Å²) in [6.45, 7) is 1.11. The Morgan fingerprint density at radius 3 is 1.62 bits per heavy atom. The molecule has 0 aromatic heterocycles. The summed E-state index contributed by atoms with van der Waals surface area (Å²) in [5, 5.41) is 8.39. The summed E-state index contributed by atoms with van der Waals surface area (Å²) in [5.74, 6) is 0. The van der Waals surface area contributed by atoms with E-state index in [0.29, 0.717) is 0 Å². The molecular formula is C5H15NNaO+. The van der Waals surface area contributed by atoms with Crippen LogP contribution >= 0.6 is 0 Å². The van der Waals surface area contributed by atoms with Gasteiger partial charge in [0, 0.05) is 0 Å². The Hall–Kier alpha value is 0.920. The number of likely N-dealkylation sites (N-methyl/N-ethyl adjacent to an activating group) is 1. The van der Waals surface area contributed by atoms with Gasteiger partial charge in [0.1, 0.15) is 6.54 Å². The first-order valence-electron chi connectivity index (χ1n) is 2.47. The fraction of sp³-hybridized carbons (Fsp3) is 1.00. The van der Waals surface area contributed by atoms with Gasteiger partial charge in [-0.1, -0.05) is 0 Å². The monoisotopic (exact) mass is 128 g/mol. The number of aliphatic hydroxyl groups excluding tert-OH is 1. The summed E-state index contributed by atoms with van der Waals surface area (Å²) in [5.41, 5.74) is 0. The van der Waals surface area contributed by atoms with Crippen LogP contribution in [0.1, 0.15) is 0 Å². The molecule has 0 saturated carbocycles. The fourth-order valence-electron chi connectivity index (χ4n) is 0.300. The van der Waals surface area contributed by atoms with E-state index in [-0.39, 0.29) is 36.2 Å². The van der Waals surface area contributed by atoms with Gasteiger partial charge in [-0.15, -0.1) is 0 Å². The van der Waals surface area contributed by atoms with Crippen LogP contribution < -0.4 is 0 Å². The van der Waals surface area contributed by atoms with Crippen LogP contribution in [-0.4, -0.2) is 73.4 Å². The van der Waals surface area contributed by atoms with Gasteiger partial charge in [-0.2, -0.15) is 0 Å². The van der Waals surface area contributed by atoms with Crippen LogP contribution in [0, 0.1) is 0 Å². The zero-order valence-electron chi connectivity index (χ0n) is 5.31. The van der Waals surface area contributed by atoms with Crippen molar-refractivity contribution in [2.75, 3.05) is 34.3 Å². The van der Waals surface area contributed by atoms with E-state index in [1.54, 1.807) is 0 Å². The molecule has 0 saturated heterocycles. The average Bonchev–Trinajstić information content (AvgIpc) is 1.30. The molecule has 0 rings (SSSR count). The van der Waals surface area contributed by atoms with Crippen LogP contribution in [0.2, 0.25) is 0 Å². The van der Waals surface area contributed by atoms with Crippen LogP contribution in [0.15, 0.2) is 0 Å². The summed E-state index contributed by atoms with van der Waals surface area (Å²) in [4.78, 5) is 0. The van der Waals surface area contributed by atoms with Crippen LogP contribution in [0.3, 0.4) is 0 Å². The van der Waals surface area contributed by atoms with Crippen molar-refractivity contribution < 1.29 is 9.59 Å². The molecule has 0 aromatic rings. The molecule has 8 heavy (non-hydrogen) atoms. The summed E-state index contributed by atoms with van der Waals surface area (Å²) in [6.07, 6.45) is 0. The minimum atomic E-state index is 0. The Bertz CT molecular complexity index is 50.9. The maximum atomic E-state index is 8.39. The van der Waals surface area contributed by atoms with E-state index in [0.717, 1.165) is 11.0 Å². The van der Waals surface area contributed by atoms with Crippen molar-refractivity contribution in [3.63, 3.8) is 0 Å². The molecule has 3 heteroatoms. The standard InChI is InChI=1S/C5H14NO.Na.H/c1-6(2,3)4-5-7;;/h7H,4-5H2,1-3H3;;/q+1;;. The van der Waals surface area contributed by atoms with Crippen molar-refractivity contribution in [3.8, 4) is 0 Å². The average molecular weight is 128 g/mol. The molecule has 0 aliphatic carbocycles. The van der Waals surface area contributed by atoms with E-state index >= 15 is 0 Å². The summed E-state index contributed by atoms with van der Waals surface area (Å²) in [7, 11) is 6.16. The molecule has 0 aliphatic heterocycles. The van der Waals surface area contributed by atoms with Gasteiger partial charge in [0.15, 0.2) is 0 Å². The van der Waals surface area contributed by atoms with Gasteiger partial charge in [0.2, 0.25) is 0 Å². The molecule has 0 heterocycles. The van der Waals surface area contributed by atoms with Gasteiger partial charge in [0.05, 0.1) is 27.7 Å². The van der Waals surface area contributed by atoms with E-state index in [2.05, 4.69) is 21.1 Å². The third kappa shape index (κ3) is 10.0. The molecule has 0 bridgehead atoms. The van der Waals surface area contributed by atoms with Crippen molar-refractivity contribution >= 4 is 29.6 Å². The number of hydrogen-bond acceptors (Lipinski definition) is 1. The van der Waals surface area contributed by atoms with E-state index in [4.69, 9.17) is 5.11 Å². The van der Waals surface area contributed by atoms with Crippen molar-refractivity contribution in [2.24, 2.45) is 0 Å². The van der Waals surface area contributed by atoms with Gasteiger partial charge in [-0.05, 0) is 0 Å². The second-order valence-electron chi connectivity index (χ2n) is 2.74. The normalized spacial score (nSPS) is 10.5. The molecule has 2 nitrogen and oxygen atoms in total. The first-order valence-corrected chi connectivity index (χ1v) is 2.47. The topological polar surface area (TPSA) is 20.2 Å². The van der Waals surface area contributed by atoms with E-state index in [1.165, 1.54) is 0 Å². The predicted octanol–water partition coefficient (Wildman–Crippen LogP) is -0.964. The molecular weight excluding hydrogens is 113 g/mol. The van der Waals surface area contributed by atoms with Gasteiger partial charge >= 0.3 is 29.6 Å². The Kier molecular flexibility index (Phi) is 6.96. The van der Waals surface area contributed by atoms with E-state index in [1.807, 2.05) is 0 Å². The van der Waals surface area contributed by atoms with Crippen LogP contribution in [0.5, 0.6) is 0 Å². The van der Waals surface area contributed by atoms with Crippen molar-refractivity contribution in [3.05, 3.63) is 0 Å². The quantitative estimate of drug-likeness (QED) is 0.375. The van der Waals surface area contributed by atoms with Gasteiger partial charge < -0.3 is 9.59 Å². The Morgan fingerprint density at radius 2 is 1.62 bits per heavy atom. The molecule has 0 aliphatic rings. The van der Waals surface area contributed by atoms with Crippen molar-refractivity contribution in [1.29, 1.82) is 0 Å². The molecule has 0 unspecified atom stereocenters. The summed E-state index contributed by atoms with van der Waals surface area (Å²) in [6, 6.07) is 0. The Labute approximate surface area is 73.4 Å². The number of rotatable bonds is 2. The third-order valence-corrected chi connectivity index (χ3v) is 0.771. The molecule has 0 spiro atoms. The summed E-state index contributed by atoms with van der Waals surface area (Å²) >= 11 is 0. The predicted molar refractivity (Wildman–Crippen MR) is 37.1 cm³/mol. The van der Waals surface area contributed by atoms with Gasteiger partial charge in [-0.25, -0.2) is 0 Å². The maximum absolute atomic E-state index is 8.39. The zero-order chi connectivity index (χ0) is 5.91. The van der Waals surface area contributed by atoms with E-state index < -0.39 is 0 Å². The number of aliphatic hydroxyl groups is 1. The second kappa shape index (κ2) is 4.77. The van der Waals surface area contributed by atoms with Crippen molar-refractivity contribution in [2.45, 2.75) is 0 Å². The SMILES string of the molecule is C[N+](C)(C)CCO.[NaH]. The van der Waals surface area contributed by atoms with Crippen LogP contribution in [0.4, 0.5) is 0 Å². The second-order valence-corrected chi connectivity index (χ2v) is 2.74. The van der Waals surface area contributed by atoms with Crippen LogP contribution in [0.25, 0.3) is 0 Å². The molecule has 0 aromatic carbocycles. The Morgan fingerprint density at radius 1 is 1.25 bits per heavy atom. The molecule has 46 valence electrons. The van der Waals surface area contributed by atoms with Gasteiger partial charge in [0.25, 0.3) is 0 Å². The molecule has 0 fully saturated rings. The van der Waals surface area contributed by atoms with Gasteiger partial charge in [-0.3, -0.25) is 0 Å². The molecule has 0 amide bonds. The molecule has 1 N–H and O–H groups in total. The number of nitrogens with zero attached hydrogens (tertiary/aromatic N) is 1. The first-order chi connectivity index (χ1) is 3.06. The van der Waals surface area contributed by atoms with Crippen LogP contribution in [-0.2, 0) is 0 Å². The minimum absolute atomic E-state index is 0. The number of hydrogen-bond donors (Lipinski definition) is 1. The fourth-order valence-corrected chi connectivity index (χ4v) is 0.300. The third-order valence-electron chi connectivity index (χ3n) is 0.771. The first kappa shape index (κ1) is 11.7. The van der Waals surface area contributed by atoms with Crippen molar-refractivity contribution in [1.82, 2.24) is 0 Å². The number of quaternary nitrogens is 1. The Balaban J connectivity index is 0. The zero-order valence-corrected chi connectivity index (χ0v) is 5.31. The summed E-state index contributed by atoms with van der Waals surface area (Å²) < 4.78 is 0.844. The molecule has 0 atom stereocenters. The van der Waals surface area contributed by atoms with E-state index in [9.17, 15) is 0 Å². The molecule has 0 radical (unpaired) electrons.